The molecule has 0 radical (unpaired) electrons. The zero-order chi connectivity index (χ0) is 20.3. The van der Waals surface area contributed by atoms with Gasteiger partial charge in [-0.05, 0) is 5.56 Å². The van der Waals surface area contributed by atoms with Crippen molar-refractivity contribution >= 4 is 18.3 Å². The average molecular weight is 433 g/mol. The lowest BCUT2D eigenvalue weighted by Crippen LogP contribution is -2.40. The van der Waals surface area contributed by atoms with Crippen molar-refractivity contribution in [3.05, 3.63) is 78.0 Å². The van der Waals surface area contributed by atoms with E-state index in [4.69, 9.17) is 5.10 Å². The van der Waals surface area contributed by atoms with Gasteiger partial charge in [-0.15, -0.1) is 12.4 Å². The number of nitrogens with one attached hydrogen (secondary N) is 2. The molecule has 1 aromatic heterocycles. The van der Waals surface area contributed by atoms with Crippen molar-refractivity contribution in [1.82, 2.24) is 20.4 Å². The van der Waals surface area contributed by atoms with E-state index >= 15 is 0 Å². The van der Waals surface area contributed by atoms with Crippen LogP contribution in [0.25, 0.3) is 11.3 Å². The van der Waals surface area contributed by atoms with Crippen LogP contribution in [-0.4, -0.2) is 34.2 Å². The summed E-state index contributed by atoms with van der Waals surface area (Å²) in [4.78, 5) is 12.3. The number of halogens is 3. The minimum absolute atomic E-state index is 0. The maximum Gasteiger partial charge on any atom is 0.262 e. The highest BCUT2D eigenvalue weighted by Gasteiger charge is 2.42. The molecule has 1 amide bonds. The lowest BCUT2D eigenvalue weighted by atomic mass is 10.1. The highest BCUT2D eigenvalue weighted by molar-refractivity contribution is 5.85. The van der Waals surface area contributed by atoms with E-state index in [1.807, 2.05) is 71.5 Å². The molecular formula is C22H23ClF2N4O. The molecule has 1 saturated heterocycles. The molecule has 5 nitrogen and oxygen atoms in total. The Hall–Kier alpha value is -2.77. The van der Waals surface area contributed by atoms with Crippen LogP contribution in [-0.2, 0) is 17.9 Å². The predicted molar refractivity (Wildman–Crippen MR) is 114 cm³/mol. The maximum atomic E-state index is 13.4. The molecule has 1 aliphatic heterocycles. The fourth-order valence-electron chi connectivity index (χ4n) is 3.49. The van der Waals surface area contributed by atoms with Crippen LogP contribution in [0.5, 0.6) is 0 Å². The molecule has 1 aliphatic rings. The number of amides is 1. The summed E-state index contributed by atoms with van der Waals surface area (Å²) in [5.74, 6) is -3.25. The molecular weight excluding hydrogens is 410 g/mol. The lowest BCUT2D eigenvalue weighted by molar-refractivity contribution is -0.123. The van der Waals surface area contributed by atoms with Crippen molar-refractivity contribution in [2.45, 2.75) is 31.5 Å². The number of aromatic nitrogens is 2. The van der Waals surface area contributed by atoms with Crippen LogP contribution in [0.4, 0.5) is 8.78 Å². The Morgan fingerprint density at radius 2 is 1.80 bits per heavy atom. The quantitative estimate of drug-likeness (QED) is 0.625. The number of hydrogen-bond donors (Lipinski definition) is 2. The second-order valence-corrected chi connectivity index (χ2v) is 7.26. The van der Waals surface area contributed by atoms with E-state index in [0.29, 0.717) is 6.54 Å². The van der Waals surface area contributed by atoms with Gasteiger partial charge in [-0.3, -0.25) is 14.8 Å². The number of nitrogens with zero attached hydrogens (tertiary/aromatic N) is 2. The average Bonchev–Trinajstić information content (AvgIpc) is 3.30. The standard InChI is InChI=1S/C22H22F2N4O.ClH/c23-22(24)11-19(26-15-22)21(29)25-12-18-14-28(13-16-7-3-1-4-8-16)27-20(18)17-9-5-2-6-10-17;/h1-10,14,19,26H,11-13,15H2,(H,25,29);1H. The fraction of sp³-hybridized carbons (Fsp3) is 0.273. The summed E-state index contributed by atoms with van der Waals surface area (Å²) in [6.07, 6.45) is 1.42. The monoisotopic (exact) mass is 432 g/mol. The van der Waals surface area contributed by atoms with Gasteiger partial charge in [0.1, 0.15) is 0 Å². The first-order valence-electron chi connectivity index (χ1n) is 9.55. The Balaban J connectivity index is 0.00000256. The molecule has 1 fully saturated rings. The molecule has 30 heavy (non-hydrogen) atoms. The predicted octanol–water partition coefficient (Wildman–Crippen LogP) is 3.63. The zero-order valence-corrected chi connectivity index (χ0v) is 17.0. The third kappa shape index (κ3) is 5.23. The Labute approximate surface area is 179 Å². The number of benzene rings is 2. The summed E-state index contributed by atoms with van der Waals surface area (Å²) in [7, 11) is 0. The van der Waals surface area contributed by atoms with Crippen molar-refractivity contribution < 1.29 is 13.6 Å². The lowest BCUT2D eigenvalue weighted by Gasteiger charge is -2.11. The normalized spacial score (nSPS) is 17.3. The Morgan fingerprint density at radius 1 is 1.13 bits per heavy atom. The van der Waals surface area contributed by atoms with Crippen LogP contribution in [0.2, 0.25) is 0 Å². The van der Waals surface area contributed by atoms with Gasteiger partial charge in [0, 0.05) is 30.3 Å². The van der Waals surface area contributed by atoms with Crippen LogP contribution < -0.4 is 10.6 Å². The van der Waals surface area contributed by atoms with Gasteiger partial charge in [0.2, 0.25) is 5.91 Å². The third-order valence-corrected chi connectivity index (χ3v) is 4.95. The summed E-state index contributed by atoms with van der Waals surface area (Å²) >= 11 is 0. The van der Waals surface area contributed by atoms with Crippen LogP contribution in [0, 0.1) is 0 Å². The second-order valence-electron chi connectivity index (χ2n) is 7.26. The molecule has 1 unspecified atom stereocenters. The molecule has 2 heterocycles. The molecule has 8 heteroatoms. The van der Waals surface area contributed by atoms with Crippen molar-refractivity contribution in [3.63, 3.8) is 0 Å². The van der Waals surface area contributed by atoms with Gasteiger partial charge in [0.25, 0.3) is 5.92 Å². The van der Waals surface area contributed by atoms with E-state index in [0.717, 1.165) is 22.4 Å². The summed E-state index contributed by atoms with van der Waals surface area (Å²) in [5, 5.41) is 10.1. The third-order valence-electron chi connectivity index (χ3n) is 4.95. The SMILES string of the molecule is Cl.O=C(NCc1cn(Cc2ccccc2)nc1-c1ccccc1)C1CC(F)(F)CN1. The first kappa shape index (κ1) is 21.9. The largest absolute Gasteiger partial charge is 0.351 e. The van der Waals surface area contributed by atoms with Gasteiger partial charge in [-0.1, -0.05) is 60.7 Å². The molecule has 0 spiro atoms. The van der Waals surface area contributed by atoms with E-state index in [-0.39, 0.29) is 19.0 Å². The highest BCUT2D eigenvalue weighted by atomic mass is 35.5. The summed E-state index contributed by atoms with van der Waals surface area (Å²) in [6.45, 7) is 0.363. The van der Waals surface area contributed by atoms with Crippen molar-refractivity contribution in [2.75, 3.05) is 6.54 Å². The Morgan fingerprint density at radius 3 is 2.43 bits per heavy atom. The minimum atomic E-state index is -2.84. The molecule has 1 atom stereocenters. The topological polar surface area (TPSA) is 59.0 Å². The summed E-state index contributed by atoms with van der Waals surface area (Å²) in [6, 6.07) is 18.8. The van der Waals surface area contributed by atoms with Gasteiger partial charge in [-0.25, -0.2) is 8.78 Å². The number of hydrogen-bond acceptors (Lipinski definition) is 3. The Kier molecular flexibility index (Phi) is 6.84. The highest BCUT2D eigenvalue weighted by Crippen LogP contribution is 2.26. The maximum absolute atomic E-state index is 13.4. The van der Waals surface area contributed by atoms with Crippen LogP contribution in [0.1, 0.15) is 17.5 Å². The first-order chi connectivity index (χ1) is 14.0. The molecule has 2 aromatic carbocycles. The zero-order valence-electron chi connectivity index (χ0n) is 16.2. The van der Waals surface area contributed by atoms with Crippen molar-refractivity contribution in [2.24, 2.45) is 0 Å². The van der Waals surface area contributed by atoms with Gasteiger partial charge in [0.15, 0.2) is 0 Å². The van der Waals surface area contributed by atoms with E-state index in [2.05, 4.69) is 10.6 Å². The van der Waals surface area contributed by atoms with Crippen LogP contribution in [0.15, 0.2) is 66.9 Å². The number of alkyl halides is 2. The minimum Gasteiger partial charge on any atom is -0.351 e. The van der Waals surface area contributed by atoms with Crippen molar-refractivity contribution in [3.8, 4) is 11.3 Å². The fourth-order valence-corrected chi connectivity index (χ4v) is 3.49. The number of rotatable bonds is 6. The van der Waals surface area contributed by atoms with Crippen LogP contribution in [0.3, 0.4) is 0 Å². The van der Waals surface area contributed by atoms with E-state index in [1.165, 1.54) is 0 Å². The smallest absolute Gasteiger partial charge is 0.262 e. The van der Waals surface area contributed by atoms with Gasteiger partial charge >= 0.3 is 0 Å². The van der Waals surface area contributed by atoms with Gasteiger partial charge in [0.05, 0.1) is 24.8 Å². The number of carbonyl (C=O) groups excluding carboxylic acids is 1. The summed E-state index contributed by atoms with van der Waals surface area (Å²) in [5.41, 5.74) is 3.66. The molecule has 2 N–H and O–H groups in total. The van der Waals surface area contributed by atoms with Gasteiger partial charge in [-0.2, -0.15) is 5.10 Å². The number of carbonyl (C=O) groups is 1. The van der Waals surface area contributed by atoms with Crippen LogP contribution >= 0.6 is 12.4 Å². The second kappa shape index (κ2) is 9.36. The van der Waals surface area contributed by atoms with E-state index in [1.54, 1.807) is 0 Å². The molecule has 0 saturated carbocycles. The Bertz CT molecular complexity index is 979. The molecule has 3 aromatic rings. The molecule has 0 aliphatic carbocycles. The van der Waals surface area contributed by atoms with Crippen molar-refractivity contribution in [1.29, 1.82) is 0 Å². The molecule has 4 rings (SSSR count). The van der Waals surface area contributed by atoms with E-state index < -0.39 is 30.8 Å². The molecule has 158 valence electrons. The summed E-state index contributed by atoms with van der Waals surface area (Å²) < 4.78 is 28.6. The van der Waals surface area contributed by atoms with Gasteiger partial charge < -0.3 is 5.32 Å². The first-order valence-corrected chi connectivity index (χ1v) is 9.55. The molecule has 0 bridgehead atoms. The van der Waals surface area contributed by atoms with E-state index in [9.17, 15) is 13.6 Å².